The van der Waals surface area contributed by atoms with Crippen LogP contribution in [0, 0.1) is 0 Å². The van der Waals surface area contributed by atoms with E-state index in [2.05, 4.69) is 5.32 Å². The van der Waals surface area contributed by atoms with Gasteiger partial charge in [-0.25, -0.2) is 0 Å². The normalized spacial score (nSPS) is 13.2. The van der Waals surface area contributed by atoms with E-state index in [9.17, 15) is 0 Å². The number of hydrogen-bond acceptors (Lipinski definition) is 2. The zero-order valence-corrected chi connectivity index (χ0v) is 16.0. The lowest BCUT2D eigenvalue weighted by Crippen LogP contribution is -1.91. The zero-order valence-electron chi connectivity index (χ0n) is 20.0. The molecule has 1 N–H and O–H groups in total. The topological polar surface area (TPSA) is 25.2 Å². The third-order valence-electron chi connectivity index (χ3n) is 5.35. The van der Waals surface area contributed by atoms with Gasteiger partial charge in [0, 0.05) is 11.1 Å². The first-order valence-corrected chi connectivity index (χ1v) is 9.80. The summed E-state index contributed by atoms with van der Waals surface area (Å²) in [5.41, 5.74) is 3.22. The van der Waals surface area contributed by atoms with Gasteiger partial charge in [0.2, 0.25) is 0 Å². The van der Waals surface area contributed by atoms with Crippen LogP contribution in [0.15, 0.2) is 114 Å². The summed E-state index contributed by atoms with van der Waals surface area (Å²) in [6.45, 7) is 0. The molecule has 0 aliphatic carbocycles. The second-order valence-corrected chi connectivity index (χ2v) is 7.18. The molecule has 142 valence electrons. The Morgan fingerprint density at radius 2 is 1.33 bits per heavy atom. The Kier molecular flexibility index (Phi) is 2.99. The fraction of sp³-hybridized carbons (Fsp3) is 0. The van der Waals surface area contributed by atoms with Crippen LogP contribution in [0.4, 0.5) is 11.4 Å². The number of benzene rings is 5. The molecule has 1 heterocycles. The Balaban J connectivity index is 1.55. The van der Waals surface area contributed by atoms with Crippen LogP contribution in [0.3, 0.4) is 0 Å². The smallest absolute Gasteiger partial charge is 0.137 e. The van der Waals surface area contributed by atoms with Gasteiger partial charge in [-0.05, 0) is 52.2 Å². The predicted molar refractivity (Wildman–Crippen MR) is 126 cm³/mol. The summed E-state index contributed by atoms with van der Waals surface area (Å²) in [5.74, 6) is 0. The van der Waals surface area contributed by atoms with E-state index >= 15 is 0 Å². The third kappa shape index (κ3) is 2.73. The molecule has 2 heteroatoms. The van der Waals surface area contributed by atoms with Crippen molar-refractivity contribution in [3.05, 3.63) is 109 Å². The first-order valence-electron chi connectivity index (χ1n) is 11.8. The molecule has 6 aromatic rings. The Bertz CT molecular complexity index is 1700. The number of fused-ring (bicyclic) bond motifs is 4. The second kappa shape index (κ2) is 6.78. The molecular weight excluding hydrogens is 366 g/mol. The van der Waals surface area contributed by atoms with Gasteiger partial charge < -0.3 is 9.73 Å². The average Bonchev–Trinajstić information content (AvgIpc) is 3.25. The number of nitrogens with one attached hydrogen (secondary N) is 1. The molecule has 0 saturated carbocycles. The standard InChI is InChI=1S/C28H19NO/c1-2-9-22-19(7-1)8-5-11-23(22)20-15-17-21(18-16-20)29-25-12-6-14-27-28(25)24-10-3-4-13-26(24)30-27/h1-18,29H/i15D,16D,17D,18D. The monoisotopic (exact) mass is 389 g/mol. The molecule has 0 aliphatic rings. The molecule has 0 saturated heterocycles. The molecule has 0 spiro atoms. The van der Waals surface area contributed by atoms with Gasteiger partial charge in [-0.2, -0.15) is 0 Å². The summed E-state index contributed by atoms with van der Waals surface area (Å²) >= 11 is 0. The van der Waals surface area contributed by atoms with Crippen molar-refractivity contribution in [2.75, 3.05) is 5.32 Å². The minimum atomic E-state index is -0.117. The number of hydrogen-bond donors (Lipinski definition) is 1. The Hall–Kier alpha value is -4.04. The van der Waals surface area contributed by atoms with Gasteiger partial charge in [0.1, 0.15) is 11.2 Å². The summed E-state index contributed by atoms with van der Waals surface area (Å²) in [6.07, 6.45) is 0. The van der Waals surface area contributed by atoms with Crippen LogP contribution in [0.25, 0.3) is 43.8 Å². The van der Waals surface area contributed by atoms with Crippen molar-refractivity contribution in [1.82, 2.24) is 0 Å². The summed E-state index contributed by atoms with van der Waals surface area (Å²) in [5, 5.41) is 6.82. The summed E-state index contributed by atoms with van der Waals surface area (Å²) in [7, 11) is 0. The van der Waals surface area contributed by atoms with E-state index in [0.717, 1.165) is 27.1 Å². The van der Waals surface area contributed by atoms with Crippen LogP contribution in [-0.4, -0.2) is 0 Å². The van der Waals surface area contributed by atoms with Crippen LogP contribution < -0.4 is 5.32 Å². The Morgan fingerprint density at radius 1 is 0.633 bits per heavy atom. The largest absolute Gasteiger partial charge is 0.456 e. The minimum absolute atomic E-state index is 0.0796. The summed E-state index contributed by atoms with van der Waals surface area (Å²) in [4.78, 5) is 0. The van der Waals surface area contributed by atoms with Gasteiger partial charge in [-0.15, -0.1) is 0 Å². The highest BCUT2D eigenvalue weighted by atomic mass is 16.3. The Labute approximate surface area is 180 Å². The third-order valence-corrected chi connectivity index (χ3v) is 5.35. The molecule has 0 atom stereocenters. The van der Waals surface area contributed by atoms with E-state index in [4.69, 9.17) is 9.90 Å². The van der Waals surface area contributed by atoms with E-state index in [-0.39, 0.29) is 29.9 Å². The van der Waals surface area contributed by atoms with Crippen molar-refractivity contribution >= 4 is 44.1 Å². The second-order valence-electron chi connectivity index (χ2n) is 7.18. The Morgan fingerprint density at radius 3 is 2.23 bits per heavy atom. The quantitative estimate of drug-likeness (QED) is 0.330. The number of furan rings is 1. The molecule has 2 nitrogen and oxygen atoms in total. The molecule has 1 aromatic heterocycles. The lowest BCUT2D eigenvalue weighted by Gasteiger charge is -2.10. The van der Waals surface area contributed by atoms with Gasteiger partial charge in [0.05, 0.1) is 16.6 Å². The molecule has 0 unspecified atom stereocenters. The van der Waals surface area contributed by atoms with Crippen molar-refractivity contribution in [3.8, 4) is 11.1 Å². The van der Waals surface area contributed by atoms with Crippen molar-refractivity contribution in [3.63, 3.8) is 0 Å². The van der Waals surface area contributed by atoms with Crippen molar-refractivity contribution in [1.29, 1.82) is 0 Å². The maximum atomic E-state index is 8.77. The molecule has 0 aliphatic heterocycles. The summed E-state index contributed by atoms with van der Waals surface area (Å²) in [6, 6.07) is 26.3. The van der Waals surface area contributed by atoms with Crippen molar-refractivity contribution in [2.45, 2.75) is 0 Å². The summed E-state index contributed by atoms with van der Waals surface area (Å²) < 4.78 is 41.0. The van der Waals surface area contributed by atoms with Crippen molar-refractivity contribution in [2.24, 2.45) is 0 Å². The fourth-order valence-corrected chi connectivity index (χ4v) is 3.97. The van der Waals surface area contributed by atoms with Crippen LogP contribution >= 0.6 is 0 Å². The maximum absolute atomic E-state index is 8.77. The number of rotatable bonds is 3. The van der Waals surface area contributed by atoms with Gasteiger partial charge in [0.25, 0.3) is 0 Å². The van der Waals surface area contributed by atoms with E-state index in [1.807, 2.05) is 84.9 Å². The van der Waals surface area contributed by atoms with Gasteiger partial charge in [-0.1, -0.05) is 78.8 Å². The molecule has 0 bridgehead atoms. The molecule has 5 aromatic carbocycles. The fourth-order valence-electron chi connectivity index (χ4n) is 3.97. The zero-order chi connectivity index (χ0) is 23.4. The lowest BCUT2D eigenvalue weighted by atomic mass is 9.98. The maximum Gasteiger partial charge on any atom is 0.137 e. The molecule has 0 radical (unpaired) electrons. The van der Waals surface area contributed by atoms with Gasteiger partial charge >= 0.3 is 0 Å². The van der Waals surface area contributed by atoms with Crippen LogP contribution in [0.2, 0.25) is 0 Å². The predicted octanol–water partition coefficient (Wildman–Crippen LogP) is 8.15. The van der Waals surface area contributed by atoms with E-state index in [1.54, 1.807) is 0 Å². The number of para-hydroxylation sites is 1. The van der Waals surface area contributed by atoms with Crippen LogP contribution in [0.1, 0.15) is 5.48 Å². The van der Waals surface area contributed by atoms with E-state index in [1.165, 1.54) is 0 Å². The molecule has 0 fully saturated rings. The molecular formula is C28H19NO. The lowest BCUT2D eigenvalue weighted by molar-refractivity contribution is 0.669. The molecule has 30 heavy (non-hydrogen) atoms. The van der Waals surface area contributed by atoms with E-state index in [0.29, 0.717) is 22.4 Å². The van der Waals surface area contributed by atoms with Gasteiger partial charge in [0.15, 0.2) is 0 Å². The first kappa shape index (κ1) is 13.2. The average molecular weight is 389 g/mol. The van der Waals surface area contributed by atoms with Crippen LogP contribution in [0.5, 0.6) is 0 Å². The van der Waals surface area contributed by atoms with Crippen LogP contribution in [-0.2, 0) is 0 Å². The minimum Gasteiger partial charge on any atom is -0.456 e. The first-order chi connectivity index (χ1) is 16.5. The van der Waals surface area contributed by atoms with Crippen molar-refractivity contribution < 1.29 is 9.90 Å². The molecule has 6 rings (SSSR count). The SMILES string of the molecule is [2H]c1c([2H])c(-c2cccc3ccccc23)c([2H])c([2H])c1Nc1cccc2oc3ccccc3c12. The highest BCUT2D eigenvalue weighted by Gasteiger charge is 2.11. The number of anilines is 2. The highest BCUT2D eigenvalue weighted by molar-refractivity contribution is 6.12. The highest BCUT2D eigenvalue weighted by Crippen LogP contribution is 2.36. The van der Waals surface area contributed by atoms with Gasteiger partial charge in [-0.3, -0.25) is 0 Å². The van der Waals surface area contributed by atoms with E-state index < -0.39 is 0 Å². The molecule has 0 amide bonds.